The molecule has 1 aromatic heterocycles. The molecule has 0 aliphatic carbocycles. The van der Waals surface area contributed by atoms with Crippen LogP contribution in [0.4, 0.5) is 9.52 Å². The number of aromatic nitrogens is 1. The van der Waals surface area contributed by atoms with E-state index in [9.17, 15) is 9.18 Å². The Morgan fingerprint density at radius 3 is 3.14 bits per heavy atom. The number of carbonyl (C=O) groups excluding carboxylic acids is 1. The maximum Gasteiger partial charge on any atom is 0.228 e. The monoisotopic (exact) mass is 308 g/mol. The second-order valence-electron chi connectivity index (χ2n) is 5.10. The molecule has 6 heteroatoms. The second-order valence-corrected chi connectivity index (χ2v) is 6.11. The average Bonchev–Trinajstić information content (AvgIpc) is 3.12. The molecule has 1 saturated heterocycles. The van der Waals surface area contributed by atoms with Crippen LogP contribution in [0, 0.1) is 5.82 Å². The summed E-state index contributed by atoms with van der Waals surface area (Å²) in [6.07, 6.45) is 2.48. The van der Waals surface area contributed by atoms with E-state index in [0.717, 1.165) is 29.7 Å². The van der Waals surface area contributed by atoms with Gasteiger partial charge in [-0.3, -0.25) is 9.69 Å². The number of rotatable bonds is 4. The number of hydrogen-bond acceptors (Lipinski definition) is 4. The molecule has 1 aromatic carbocycles. The van der Waals surface area contributed by atoms with Crippen LogP contribution in [0.15, 0.2) is 18.2 Å². The van der Waals surface area contributed by atoms with E-state index in [1.54, 1.807) is 11.0 Å². The number of hydrogen-bond donors (Lipinski definition) is 0. The molecule has 4 nitrogen and oxygen atoms in total. The van der Waals surface area contributed by atoms with Gasteiger partial charge in [0.2, 0.25) is 5.91 Å². The number of amides is 1. The summed E-state index contributed by atoms with van der Waals surface area (Å²) in [5.41, 5.74) is 0.720. The maximum absolute atomic E-state index is 13.3. The van der Waals surface area contributed by atoms with Gasteiger partial charge in [0.05, 0.1) is 22.9 Å². The first kappa shape index (κ1) is 14.4. The molecule has 21 heavy (non-hydrogen) atoms. The zero-order valence-electron chi connectivity index (χ0n) is 11.8. The Morgan fingerprint density at radius 1 is 1.57 bits per heavy atom. The fourth-order valence-electron chi connectivity index (χ4n) is 2.47. The summed E-state index contributed by atoms with van der Waals surface area (Å²) < 4.78 is 19.6. The highest BCUT2D eigenvalue weighted by Crippen LogP contribution is 2.30. The van der Waals surface area contributed by atoms with Crippen molar-refractivity contribution < 1.29 is 13.9 Å². The van der Waals surface area contributed by atoms with Crippen molar-refractivity contribution in [1.29, 1.82) is 0 Å². The Balaban J connectivity index is 1.90. The molecule has 0 N–H and O–H groups in total. The van der Waals surface area contributed by atoms with Crippen LogP contribution in [-0.2, 0) is 9.53 Å². The number of carbonyl (C=O) groups is 1. The van der Waals surface area contributed by atoms with Crippen molar-refractivity contribution in [2.75, 3.05) is 18.1 Å². The molecule has 1 fully saturated rings. The van der Waals surface area contributed by atoms with Crippen LogP contribution in [0.1, 0.15) is 26.2 Å². The highest BCUT2D eigenvalue weighted by molar-refractivity contribution is 7.22. The topological polar surface area (TPSA) is 42.4 Å². The Bertz CT molecular complexity index is 652. The Labute approximate surface area is 126 Å². The fourth-order valence-corrected chi connectivity index (χ4v) is 3.49. The predicted octanol–water partition coefficient (Wildman–Crippen LogP) is 3.36. The first-order chi connectivity index (χ1) is 10.2. The molecule has 1 atom stereocenters. The van der Waals surface area contributed by atoms with Crippen molar-refractivity contribution in [3.8, 4) is 0 Å². The van der Waals surface area contributed by atoms with Crippen LogP contribution in [0.3, 0.4) is 0 Å². The lowest BCUT2D eigenvalue weighted by Crippen LogP contribution is -2.37. The average molecular weight is 308 g/mol. The predicted molar refractivity (Wildman–Crippen MR) is 81.2 cm³/mol. The van der Waals surface area contributed by atoms with Gasteiger partial charge in [-0.2, -0.15) is 0 Å². The van der Waals surface area contributed by atoms with Crippen LogP contribution < -0.4 is 4.90 Å². The third kappa shape index (κ3) is 3.06. The first-order valence-electron chi connectivity index (χ1n) is 7.15. The molecule has 0 bridgehead atoms. The van der Waals surface area contributed by atoms with Gasteiger partial charge in [-0.25, -0.2) is 9.37 Å². The van der Waals surface area contributed by atoms with Crippen LogP contribution in [0.2, 0.25) is 0 Å². The molecule has 1 amide bonds. The van der Waals surface area contributed by atoms with E-state index >= 15 is 0 Å². The number of anilines is 1. The maximum atomic E-state index is 13.3. The van der Waals surface area contributed by atoms with Crippen LogP contribution in [0.5, 0.6) is 0 Å². The highest BCUT2D eigenvalue weighted by atomic mass is 32.1. The third-order valence-electron chi connectivity index (χ3n) is 3.58. The van der Waals surface area contributed by atoms with E-state index in [1.165, 1.54) is 23.5 Å². The number of halogens is 1. The number of benzene rings is 1. The first-order valence-corrected chi connectivity index (χ1v) is 7.97. The molecule has 3 rings (SSSR count). The van der Waals surface area contributed by atoms with Gasteiger partial charge < -0.3 is 4.74 Å². The Kier molecular flexibility index (Phi) is 4.17. The van der Waals surface area contributed by atoms with Crippen LogP contribution in [-0.4, -0.2) is 30.1 Å². The minimum atomic E-state index is -0.287. The van der Waals surface area contributed by atoms with Crippen LogP contribution >= 0.6 is 11.3 Å². The van der Waals surface area contributed by atoms with Crippen LogP contribution in [0.25, 0.3) is 10.2 Å². The summed E-state index contributed by atoms with van der Waals surface area (Å²) >= 11 is 1.35. The summed E-state index contributed by atoms with van der Waals surface area (Å²) in [5.74, 6) is -0.268. The van der Waals surface area contributed by atoms with Gasteiger partial charge >= 0.3 is 0 Å². The molecular formula is C15H17FN2O2S. The summed E-state index contributed by atoms with van der Waals surface area (Å²) in [5, 5.41) is 0.623. The summed E-state index contributed by atoms with van der Waals surface area (Å²) in [6.45, 7) is 3.11. The standard InChI is InChI=1S/C15H17FN2O2S/c1-2-14(19)18(9-11-4-3-7-20-11)15-17-12-6-5-10(16)8-13(12)21-15/h5-6,8,11H,2-4,7,9H2,1H3. The fraction of sp³-hybridized carbons (Fsp3) is 0.467. The van der Waals surface area contributed by atoms with E-state index in [4.69, 9.17) is 4.74 Å². The third-order valence-corrected chi connectivity index (χ3v) is 4.62. The molecule has 0 saturated carbocycles. The number of nitrogens with zero attached hydrogens (tertiary/aromatic N) is 2. The van der Waals surface area contributed by atoms with Gasteiger partial charge in [0.1, 0.15) is 5.82 Å². The van der Waals surface area contributed by atoms with E-state index in [0.29, 0.717) is 18.1 Å². The normalized spacial score (nSPS) is 18.3. The molecule has 1 aliphatic rings. The number of fused-ring (bicyclic) bond motifs is 1. The van der Waals surface area contributed by atoms with E-state index < -0.39 is 0 Å². The highest BCUT2D eigenvalue weighted by Gasteiger charge is 2.25. The zero-order valence-corrected chi connectivity index (χ0v) is 12.7. The molecule has 2 heterocycles. The van der Waals surface area contributed by atoms with Crippen molar-refractivity contribution >= 4 is 32.6 Å². The van der Waals surface area contributed by atoms with Crippen molar-refractivity contribution in [3.63, 3.8) is 0 Å². The van der Waals surface area contributed by atoms with E-state index in [1.807, 2.05) is 6.92 Å². The molecule has 1 unspecified atom stereocenters. The molecule has 0 radical (unpaired) electrons. The minimum Gasteiger partial charge on any atom is -0.376 e. The molecular weight excluding hydrogens is 291 g/mol. The van der Waals surface area contributed by atoms with Gasteiger partial charge in [-0.15, -0.1) is 0 Å². The molecule has 2 aromatic rings. The second kappa shape index (κ2) is 6.07. The Hall–Kier alpha value is -1.53. The van der Waals surface area contributed by atoms with Gasteiger partial charge in [0.15, 0.2) is 5.13 Å². The van der Waals surface area contributed by atoms with Gasteiger partial charge in [-0.1, -0.05) is 18.3 Å². The lowest BCUT2D eigenvalue weighted by molar-refractivity contribution is -0.118. The number of thiazole rings is 1. The van der Waals surface area contributed by atoms with Gasteiger partial charge in [0.25, 0.3) is 0 Å². The van der Waals surface area contributed by atoms with Gasteiger partial charge in [0, 0.05) is 13.0 Å². The van der Waals surface area contributed by atoms with E-state index in [-0.39, 0.29) is 17.8 Å². The lowest BCUT2D eigenvalue weighted by Gasteiger charge is -2.22. The summed E-state index contributed by atoms with van der Waals surface area (Å²) in [7, 11) is 0. The van der Waals surface area contributed by atoms with Crippen molar-refractivity contribution in [2.24, 2.45) is 0 Å². The van der Waals surface area contributed by atoms with Crippen molar-refractivity contribution in [3.05, 3.63) is 24.0 Å². The largest absolute Gasteiger partial charge is 0.376 e. The van der Waals surface area contributed by atoms with Crippen molar-refractivity contribution in [2.45, 2.75) is 32.3 Å². The quantitative estimate of drug-likeness (QED) is 0.870. The van der Waals surface area contributed by atoms with E-state index in [2.05, 4.69) is 4.98 Å². The summed E-state index contributed by atoms with van der Waals surface area (Å²) in [6, 6.07) is 4.49. The molecule has 1 aliphatic heterocycles. The lowest BCUT2D eigenvalue weighted by atomic mass is 10.2. The minimum absolute atomic E-state index is 0.0185. The molecule has 112 valence electrons. The van der Waals surface area contributed by atoms with Crippen molar-refractivity contribution in [1.82, 2.24) is 4.98 Å². The zero-order chi connectivity index (χ0) is 14.8. The molecule has 0 spiro atoms. The smallest absolute Gasteiger partial charge is 0.228 e. The number of ether oxygens (including phenoxy) is 1. The summed E-state index contributed by atoms with van der Waals surface area (Å²) in [4.78, 5) is 18.4. The Morgan fingerprint density at radius 2 is 2.43 bits per heavy atom. The SMILES string of the molecule is CCC(=O)N(CC1CCCO1)c1nc2ccc(F)cc2s1. The van der Waals surface area contributed by atoms with Gasteiger partial charge in [-0.05, 0) is 31.0 Å².